The van der Waals surface area contributed by atoms with Crippen molar-refractivity contribution in [1.82, 2.24) is 0 Å². The Bertz CT molecular complexity index is 755. The van der Waals surface area contributed by atoms with Crippen molar-refractivity contribution in [2.45, 2.75) is 6.92 Å². The third-order valence-electron chi connectivity index (χ3n) is 3.02. The zero-order valence-electron chi connectivity index (χ0n) is 12.9. The van der Waals surface area contributed by atoms with Crippen LogP contribution in [0.15, 0.2) is 64.8 Å². The monoisotopic (exact) mass is 407 g/mol. The first-order valence-electron chi connectivity index (χ1n) is 7.21. The zero-order valence-corrected chi connectivity index (χ0v) is 15.2. The smallest absolute Gasteiger partial charge is 0.354 e. The Morgan fingerprint density at radius 1 is 1.12 bits per heavy atom. The zero-order chi connectivity index (χ0) is 17.5. The van der Waals surface area contributed by atoms with Gasteiger partial charge in [-0.1, -0.05) is 27.5 Å². The fourth-order valence-electron chi connectivity index (χ4n) is 1.87. The summed E-state index contributed by atoms with van der Waals surface area (Å²) in [7, 11) is 0. The number of ketones is 1. The normalized spacial score (nSPS) is 11.0. The van der Waals surface area contributed by atoms with Crippen LogP contribution in [0.2, 0.25) is 5.02 Å². The van der Waals surface area contributed by atoms with Gasteiger partial charge >= 0.3 is 5.97 Å². The van der Waals surface area contributed by atoms with Crippen molar-refractivity contribution in [2.75, 3.05) is 11.9 Å². The summed E-state index contributed by atoms with van der Waals surface area (Å²) in [6.07, 6.45) is 1.23. The van der Waals surface area contributed by atoms with Gasteiger partial charge in [0.15, 0.2) is 5.78 Å². The van der Waals surface area contributed by atoms with Crippen molar-refractivity contribution in [3.05, 3.63) is 75.4 Å². The first-order chi connectivity index (χ1) is 11.5. The molecule has 24 heavy (non-hydrogen) atoms. The number of ether oxygens (including phenoxy) is 1. The molecule has 2 aromatic rings. The molecule has 0 aromatic heterocycles. The molecular formula is C18H15BrClNO3. The van der Waals surface area contributed by atoms with Gasteiger partial charge in [-0.15, -0.1) is 0 Å². The second-order valence-corrected chi connectivity index (χ2v) is 6.13. The van der Waals surface area contributed by atoms with Crippen LogP contribution in [-0.2, 0) is 9.53 Å². The van der Waals surface area contributed by atoms with Crippen molar-refractivity contribution in [3.8, 4) is 0 Å². The molecule has 0 heterocycles. The molecule has 0 aliphatic heterocycles. The average Bonchev–Trinajstić information content (AvgIpc) is 2.57. The van der Waals surface area contributed by atoms with Gasteiger partial charge in [-0.05, 0) is 55.5 Å². The number of benzene rings is 2. The molecule has 0 amide bonds. The lowest BCUT2D eigenvalue weighted by atomic mass is 10.1. The Labute approximate surface area is 153 Å². The topological polar surface area (TPSA) is 55.4 Å². The van der Waals surface area contributed by atoms with Crippen LogP contribution in [0.3, 0.4) is 0 Å². The Kier molecular flexibility index (Phi) is 6.58. The van der Waals surface area contributed by atoms with E-state index in [1.807, 2.05) is 0 Å². The fraction of sp³-hybridized carbons (Fsp3) is 0.111. The predicted molar refractivity (Wildman–Crippen MR) is 98.3 cm³/mol. The molecule has 0 spiro atoms. The molecular weight excluding hydrogens is 394 g/mol. The predicted octanol–water partition coefficient (Wildman–Crippen LogP) is 4.84. The number of carbonyl (C=O) groups excluding carboxylic acids is 2. The van der Waals surface area contributed by atoms with E-state index in [-0.39, 0.29) is 18.1 Å². The summed E-state index contributed by atoms with van der Waals surface area (Å²) in [5, 5.41) is 3.48. The van der Waals surface area contributed by atoms with Crippen molar-refractivity contribution in [3.63, 3.8) is 0 Å². The molecule has 1 N–H and O–H groups in total. The minimum atomic E-state index is -0.599. The molecule has 0 atom stereocenters. The maximum absolute atomic E-state index is 12.4. The molecule has 0 radical (unpaired) electrons. The third-order valence-corrected chi connectivity index (χ3v) is 3.80. The Morgan fingerprint density at radius 2 is 1.75 bits per heavy atom. The largest absolute Gasteiger partial charge is 0.461 e. The summed E-state index contributed by atoms with van der Waals surface area (Å²) in [6.45, 7) is 1.92. The quantitative estimate of drug-likeness (QED) is 0.422. The number of hydrogen-bond donors (Lipinski definition) is 1. The summed E-state index contributed by atoms with van der Waals surface area (Å²) < 4.78 is 5.87. The highest BCUT2D eigenvalue weighted by molar-refractivity contribution is 9.10. The van der Waals surface area contributed by atoms with Gasteiger partial charge in [0.25, 0.3) is 0 Å². The van der Waals surface area contributed by atoms with E-state index in [9.17, 15) is 9.59 Å². The van der Waals surface area contributed by atoms with E-state index in [1.54, 1.807) is 55.5 Å². The number of allylic oxidation sites excluding steroid dienone is 1. The molecule has 0 fully saturated rings. The van der Waals surface area contributed by atoms with Gasteiger partial charge in [-0.2, -0.15) is 0 Å². The van der Waals surface area contributed by atoms with E-state index in [4.69, 9.17) is 16.3 Å². The van der Waals surface area contributed by atoms with E-state index in [0.29, 0.717) is 16.3 Å². The van der Waals surface area contributed by atoms with Gasteiger partial charge in [0.2, 0.25) is 0 Å². The first-order valence-corrected chi connectivity index (χ1v) is 8.38. The van der Waals surface area contributed by atoms with Crippen molar-refractivity contribution >= 4 is 45.0 Å². The van der Waals surface area contributed by atoms with Crippen molar-refractivity contribution < 1.29 is 14.3 Å². The Morgan fingerprint density at radius 3 is 2.33 bits per heavy atom. The minimum Gasteiger partial charge on any atom is -0.461 e. The van der Waals surface area contributed by atoms with E-state index < -0.39 is 5.97 Å². The molecule has 124 valence electrons. The van der Waals surface area contributed by atoms with Crippen molar-refractivity contribution in [2.24, 2.45) is 0 Å². The Hall–Kier alpha value is -2.11. The lowest BCUT2D eigenvalue weighted by Crippen LogP contribution is -2.16. The van der Waals surface area contributed by atoms with Gasteiger partial charge in [0.1, 0.15) is 5.70 Å². The fourth-order valence-corrected chi connectivity index (χ4v) is 2.26. The van der Waals surface area contributed by atoms with Crippen LogP contribution < -0.4 is 5.32 Å². The van der Waals surface area contributed by atoms with Gasteiger partial charge < -0.3 is 10.1 Å². The number of hydrogen-bond acceptors (Lipinski definition) is 4. The lowest BCUT2D eigenvalue weighted by molar-refractivity contribution is -0.138. The van der Waals surface area contributed by atoms with Crippen LogP contribution in [0.1, 0.15) is 17.3 Å². The molecule has 4 nitrogen and oxygen atoms in total. The third kappa shape index (κ3) is 5.22. The second kappa shape index (κ2) is 8.66. The van der Waals surface area contributed by atoms with Crippen LogP contribution in [0.5, 0.6) is 0 Å². The van der Waals surface area contributed by atoms with E-state index in [2.05, 4.69) is 21.2 Å². The number of carbonyl (C=O) groups is 2. The van der Waals surface area contributed by atoms with Crippen LogP contribution in [0, 0.1) is 0 Å². The van der Waals surface area contributed by atoms with Gasteiger partial charge in [-0.3, -0.25) is 4.79 Å². The van der Waals surface area contributed by atoms with Gasteiger partial charge in [0.05, 0.1) is 6.61 Å². The molecule has 0 saturated heterocycles. The molecule has 2 aromatic carbocycles. The van der Waals surface area contributed by atoms with Crippen LogP contribution >= 0.6 is 27.5 Å². The average molecular weight is 409 g/mol. The molecule has 6 heteroatoms. The first kappa shape index (κ1) is 18.2. The molecule has 0 saturated carbocycles. The summed E-state index contributed by atoms with van der Waals surface area (Å²) >= 11 is 9.16. The Balaban J connectivity index is 2.27. The summed E-state index contributed by atoms with van der Waals surface area (Å²) in [5.74, 6) is -0.898. The summed E-state index contributed by atoms with van der Waals surface area (Å²) in [4.78, 5) is 24.5. The SMILES string of the molecule is CCOC(=O)/C(=C/C(=O)c1ccc(Br)cc1)Nc1ccc(Cl)cc1. The van der Waals surface area contributed by atoms with E-state index in [0.717, 1.165) is 4.47 Å². The molecule has 0 bridgehead atoms. The lowest BCUT2D eigenvalue weighted by Gasteiger charge is -2.10. The maximum Gasteiger partial charge on any atom is 0.354 e. The number of esters is 1. The standard InChI is InChI=1S/C18H15BrClNO3/c1-2-24-18(23)16(21-15-9-7-14(20)8-10-15)11-17(22)12-3-5-13(19)6-4-12/h3-11,21H,2H2,1H3/b16-11-. The summed E-state index contributed by atoms with van der Waals surface area (Å²) in [5.41, 5.74) is 1.16. The van der Waals surface area contributed by atoms with Crippen LogP contribution in [0.4, 0.5) is 5.69 Å². The van der Waals surface area contributed by atoms with E-state index >= 15 is 0 Å². The highest BCUT2D eigenvalue weighted by Crippen LogP contribution is 2.17. The minimum absolute atomic E-state index is 0.0621. The van der Waals surface area contributed by atoms with E-state index in [1.165, 1.54) is 6.08 Å². The molecule has 0 unspecified atom stereocenters. The molecule has 0 aliphatic carbocycles. The van der Waals surface area contributed by atoms with Crippen LogP contribution in [-0.4, -0.2) is 18.4 Å². The van der Waals surface area contributed by atoms with Gasteiger partial charge in [0, 0.05) is 26.8 Å². The number of halogens is 2. The number of rotatable bonds is 6. The number of anilines is 1. The maximum atomic E-state index is 12.4. The molecule has 2 rings (SSSR count). The highest BCUT2D eigenvalue weighted by atomic mass is 79.9. The van der Waals surface area contributed by atoms with Crippen molar-refractivity contribution in [1.29, 1.82) is 0 Å². The van der Waals surface area contributed by atoms with Crippen LogP contribution in [0.25, 0.3) is 0 Å². The highest BCUT2D eigenvalue weighted by Gasteiger charge is 2.14. The summed E-state index contributed by atoms with van der Waals surface area (Å²) in [6, 6.07) is 13.7. The molecule has 0 aliphatic rings. The van der Waals surface area contributed by atoms with Gasteiger partial charge in [-0.25, -0.2) is 4.79 Å². The number of nitrogens with one attached hydrogen (secondary N) is 1. The second-order valence-electron chi connectivity index (χ2n) is 4.78.